The van der Waals surface area contributed by atoms with Gasteiger partial charge in [0, 0.05) is 6.20 Å². The van der Waals surface area contributed by atoms with Gasteiger partial charge in [-0.05, 0) is 118 Å². The molecule has 1 aromatic heterocycles. The molecule has 3 saturated carbocycles. The highest BCUT2D eigenvalue weighted by atomic mass is 16.3. The van der Waals surface area contributed by atoms with Crippen LogP contribution in [0.15, 0.2) is 48.2 Å². The van der Waals surface area contributed by atoms with Gasteiger partial charge >= 0.3 is 0 Å². The molecule has 206 valence electrons. The standard InChI is InChI=1S/C33H47N3O2/c1-31-18-16-26(37)20-24(31)12-13-27-28-14-15-30(32(28,2)19-17-29(27)31)33(3,38)22-36-21-25(34-35-36)11-7-10-23-8-5-4-6-9-23/h4-6,8-9,12,21,26-30,37-38H,7,10-11,13-20,22H2,1-3H3/t26-,27-,28-,29-,30-,31-,32-,33-/m0/s1. The molecule has 1 heterocycles. The minimum atomic E-state index is -0.806. The maximum absolute atomic E-state index is 11.9. The number of aryl methyl sites for hydroxylation is 2. The first kappa shape index (κ1) is 26.3. The predicted molar refractivity (Wildman–Crippen MR) is 150 cm³/mol. The lowest BCUT2D eigenvalue weighted by Gasteiger charge is -2.58. The van der Waals surface area contributed by atoms with Crippen LogP contribution in [0.3, 0.4) is 0 Å². The van der Waals surface area contributed by atoms with E-state index in [-0.39, 0.29) is 22.9 Å². The van der Waals surface area contributed by atoms with Crippen LogP contribution in [0.1, 0.15) is 89.8 Å². The molecule has 5 nitrogen and oxygen atoms in total. The molecule has 4 aliphatic carbocycles. The third-order valence-corrected chi connectivity index (χ3v) is 11.6. The molecule has 0 spiro atoms. The van der Waals surface area contributed by atoms with Gasteiger partial charge in [-0.15, -0.1) is 5.10 Å². The van der Waals surface area contributed by atoms with Crippen molar-refractivity contribution in [3.63, 3.8) is 0 Å². The Bertz CT molecular complexity index is 1160. The number of aliphatic hydroxyl groups excluding tert-OH is 1. The van der Waals surface area contributed by atoms with Crippen molar-refractivity contribution in [2.75, 3.05) is 0 Å². The number of aliphatic hydroxyl groups is 2. The molecule has 0 aliphatic heterocycles. The molecule has 4 aliphatic rings. The van der Waals surface area contributed by atoms with Gasteiger partial charge < -0.3 is 10.2 Å². The Kier molecular flexibility index (Phi) is 6.83. The number of rotatable bonds is 7. The number of hydrogen-bond donors (Lipinski definition) is 2. The van der Waals surface area contributed by atoms with Crippen molar-refractivity contribution in [2.45, 2.75) is 110 Å². The fourth-order valence-electron chi connectivity index (χ4n) is 9.75. The van der Waals surface area contributed by atoms with Crippen molar-refractivity contribution in [1.29, 1.82) is 0 Å². The van der Waals surface area contributed by atoms with Gasteiger partial charge in [-0.25, -0.2) is 4.68 Å². The van der Waals surface area contributed by atoms with E-state index in [4.69, 9.17) is 0 Å². The lowest BCUT2D eigenvalue weighted by atomic mass is 9.47. The second-order valence-corrected chi connectivity index (χ2v) is 13.9. The zero-order valence-electron chi connectivity index (χ0n) is 23.6. The number of nitrogens with zero attached hydrogens (tertiary/aromatic N) is 3. The summed E-state index contributed by atoms with van der Waals surface area (Å²) in [6, 6.07) is 10.6. The van der Waals surface area contributed by atoms with E-state index in [0.29, 0.717) is 18.4 Å². The molecule has 0 bridgehead atoms. The monoisotopic (exact) mass is 517 g/mol. The molecule has 0 unspecified atom stereocenters. The molecular formula is C33H47N3O2. The minimum Gasteiger partial charge on any atom is -0.393 e. The lowest BCUT2D eigenvalue weighted by molar-refractivity contribution is -0.109. The van der Waals surface area contributed by atoms with Gasteiger partial charge in [-0.3, -0.25) is 0 Å². The van der Waals surface area contributed by atoms with Gasteiger partial charge in [0.25, 0.3) is 0 Å². The van der Waals surface area contributed by atoms with E-state index >= 15 is 0 Å². The molecule has 38 heavy (non-hydrogen) atoms. The first-order valence-electron chi connectivity index (χ1n) is 15.2. The fraction of sp³-hybridized carbons (Fsp3) is 0.697. The third-order valence-electron chi connectivity index (χ3n) is 11.6. The Labute approximate surface area is 228 Å². The summed E-state index contributed by atoms with van der Waals surface area (Å²) in [5.74, 6) is 2.38. The summed E-state index contributed by atoms with van der Waals surface area (Å²) >= 11 is 0. The quantitative estimate of drug-likeness (QED) is 0.433. The van der Waals surface area contributed by atoms with Crippen molar-refractivity contribution in [3.8, 4) is 0 Å². The SMILES string of the molecule is C[C@]12CC[C@H]3[C@@H](CC=C4C[C@@H](O)CC[C@@]43C)[C@@H]1CC[C@@H]2[C@@](C)(O)Cn1cc(CCCc2ccccc2)nn1. The summed E-state index contributed by atoms with van der Waals surface area (Å²) in [6.07, 6.45) is 16.3. The van der Waals surface area contributed by atoms with Crippen LogP contribution in [-0.2, 0) is 19.4 Å². The summed E-state index contributed by atoms with van der Waals surface area (Å²) in [5, 5.41) is 31.1. The summed E-state index contributed by atoms with van der Waals surface area (Å²) in [4.78, 5) is 0. The van der Waals surface area contributed by atoms with E-state index < -0.39 is 5.60 Å². The Morgan fingerprint density at radius 2 is 1.84 bits per heavy atom. The van der Waals surface area contributed by atoms with Crippen molar-refractivity contribution >= 4 is 0 Å². The molecule has 3 fully saturated rings. The lowest BCUT2D eigenvalue weighted by Crippen LogP contribution is -2.53. The molecule has 0 amide bonds. The van der Waals surface area contributed by atoms with Crippen LogP contribution in [0.5, 0.6) is 0 Å². The Morgan fingerprint density at radius 3 is 2.66 bits per heavy atom. The number of benzene rings is 1. The van der Waals surface area contributed by atoms with Gasteiger partial charge in [0.2, 0.25) is 0 Å². The maximum Gasteiger partial charge on any atom is 0.0848 e. The predicted octanol–water partition coefficient (Wildman–Crippen LogP) is 6.14. The topological polar surface area (TPSA) is 71.2 Å². The molecule has 0 saturated heterocycles. The second kappa shape index (κ2) is 9.89. The first-order chi connectivity index (χ1) is 18.2. The fourth-order valence-corrected chi connectivity index (χ4v) is 9.75. The van der Waals surface area contributed by atoms with E-state index in [9.17, 15) is 10.2 Å². The van der Waals surface area contributed by atoms with Crippen LogP contribution < -0.4 is 0 Å². The third kappa shape index (κ3) is 4.58. The normalized spacial score (nSPS) is 38.0. The molecule has 0 radical (unpaired) electrons. The van der Waals surface area contributed by atoms with Crippen LogP contribution in [0.25, 0.3) is 0 Å². The van der Waals surface area contributed by atoms with E-state index in [1.807, 2.05) is 4.68 Å². The highest BCUT2D eigenvalue weighted by Gasteiger charge is 2.61. The Hall–Kier alpha value is -1.98. The van der Waals surface area contributed by atoms with E-state index in [1.54, 1.807) is 0 Å². The molecule has 8 atom stereocenters. The number of aromatic nitrogens is 3. The second-order valence-electron chi connectivity index (χ2n) is 13.9. The largest absolute Gasteiger partial charge is 0.393 e. The van der Waals surface area contributed by atoms with Gasteiger partial charge in [-0.1, -0.05) is 61.0 Å². The van der Waals surface area contributed by atoms with Crippen LogP contribution in [0.2, 0.25) is 0 Å². The molecule has 1 aromatic carbocycles. The van der Waals surface area contributed by atoms with E-state index in [0.717, 1.165) is 63.0 Å². The van der Waals surface area contributed by atoms with Crippen molar-refractivity contribution in [2.24, 2.45) is 34.5 Å². The molecule has 6 rings (SSSR count). The Morgan fingerprint density at radius 1 is 1.03 bits per heavy atom. The van der Waals surface area contributed by atoms with Crippen molar-refractivity contribution in [1.82, 2.24) is 15.0 Å². The average molecular weight is 518 g/mol. The number of hydrogen-bond acceptors (Lipinski definition) is 4. The smallest absolute Gasteiger partial charge is 0.0848 e. The summed E-state index contributed by atoms with van der Waals surface area (Å²) in [5.41, 5.74) is 3.54. The first-order valence-corrected chi connectivity index (χ1v) is 15.2. The van der Waals surface area contributed by atoms with E-state index in [2.05, 4.69) is 73.7 Å². The van der Waals surface area contributed by atoms with Crippen molar-refractivity contribution < 1.29 is 10.2 Å². The highest BCUT2D eigenvalue weighted by molar-refractivity contribution is 5.25. The minimum absolute atomic E-state index is 0.146. The zero-order valence-corrected chi connectivity index (χ0v) is 23.6. The van der Waals surface area contributed by atoms with Gasteiger partial charge in [-0.2, -0.15) is 0 Å². The van der Waals surface area contributed by atoms with Gasteiger partial charge in [0.15, 0.2) is 0 Å². The molecule has 5 heteroatoms. The highest BCUT2D eigenvalue weighted by Crippen LogP contribution is 2.67. The van der Waals surface area contributed by atoms with Crippen LogP contribution in [0.4, 0.5) is 0 Å². The number of allylic oxidation sites excluding steroid dienone is 1. The zero-order chi connectivity index (χ0) is 26.5. The maximum atomic E-state index is 11.9. The van der Waals surface area contributed by atoms with Gasteiger partial charge in [0.05, 0.1) is 23.9 Å². The van der Waals surface area contributed by atoms with Crippen LogP contribution in [0, 0.1) is 34.5 Å². The van der Waals surface area contributed by atoms with Crippen molar-refractivity contribution in [3.05, 3.63) is 59.4 Å². The van der Waals surface area contributed by atoms with E-state index in [1.165, 1.54) is 30.4 Å². The Balaban J connectivity index is 1.12. The molecular weight excluding hydrogens is 470 g/mol. The average Bonchev–Trinajstić information content (AvgIpc) is 3.48. The van der Waals surface area contributed by atoms with Gasteiger partial charge in [0.1, 0.15) is 0 Å². The molecule has 2 N–H and O–H groups in total. The van der Waals surface area contributed by atoms with Crippen LogP contribution in [-0.4, -0.2) is 36.9 Å². The molecule has 2 aromatic rings. The van der Waals surface area contributed by atoms with Crippen LogP contribution >= 0.6 is 0 Å². The summed E-state index contributed by atoms with van der Waals surface area (Å²) < 4.78 is 1.89. The number of fused-ring (bicyclic) bond motifs is 5. The summed E-state index contributed by atoms with van der Waals surface area (Å²) in [7, 11) is 0. The summed E-state index contributed by atoms with van der Waals surface area (Å²) in [6.45, 7) is 7.55.